The Kier molecular flexibility index (Phi) is 4.83. The third-order valence-corrected chi connectivity index (χ3v) is 3.35. The molecule has 1 aromatic rings. The SMILES string of the molecule is CC(NC(C)C(C)CO)c1occc1Br. The summed E-state index contributed by atoms with van der Waals surface area (Å²) >= 11 is 3.43. The molecule has 3 nitrogen and oxygen atoms in total. The van der Waals surface area contributed by atoms with Crippen LogP contribution in [0.15, 0.2) is 21.2 Å². The molecule has 0 aliphatic carbocycles. The van der Waals surface area contributed by atoms with Crippen LogP contribution in [-0.2, 0) is 0 Å². The van der Waals surface area contributed by atoms with Gasteiger partial charge >= 0.3 is 0 Å². The van der Waals surface area contributed by atoms with Crippen LogP contribution in [0.3, 0.4) is 0 Å². The highest BCUT2D eigenvalue weighted by atomic mass is 79.9. The summed E-state index contributed by atoms with van der Waals surface area (Å²) in [6, 6.07) is 2.27. The zero-order valence-corrected chi connectivity index (χ0v) is 10.9. The van der Waals surface area contributed by atoms with Crippen molar-refractivity contribution in [3.63, 3.8) is 0 Å². The summed E-state index contributed by atoms with van der Waals surface area (Å²) in [7, 11) is 0. The molecule has 1 rings (SSSR count). The van der Waals surface area contributed by atoms with Crippen molar-refractivity contribution in [3.8, 4) is 0 Å². The van der Waals surface area contributed by atoms with Crippen molar-refractivity contribution in [2.45, 2.75) is 32.9 Å². The number of halogens is 1. The van der Waals surface area contributed by atoms with Gasteiger partial charge in [-0.3, -0.25) is 0 Å². The highest BCUT2D eigenvalue weighted by Crippen LogP contribution is 2.24. The van der Waals surface area contributed by atoms with Crippen molar-refractivity contribution in [3.05, 3.63) is 22.6 Å². The van der Waals surface area contributed by atoms with Gasteiger partial charge in [-0.15, -0.1) is 0 Å². The minimum absolute atomic E-state index is 0.137. The Hall–Kier alpha value is -0.320. The fourth-order valence-corrected chi connectivity index (χ4v) is 1.95. The van der Waals surface area contributed by atoms with E-state index in [1.807, 2.05) is 19.9 Å². The lowest BCUT2D eigenvalue weighted by Gasteiger charge is -2.23. The lowest BCUT2D eigenvalue weighted by molar-refractivity contribution is 0.199. The Morgan fingerprint density at radius 3 is 2.60 bits per heavy atom. The van der Waals surface area contributed by atoms with E-state index in [4.69, 9.17) is 9.52 Å². The van der Waals surface area contributed by atoms with Gasteiger partial charge in [0.25, 0.3) is 0 Å². The number of aliphatic hydroxyl groups excluding tert-OH is 1. The molecule has 0 saturated heterocycles. The highest BCUT2D eigenvalue weighted by molar-refractivity contribution is 9.10. The van der Waals surface area contributed by atoms with Gasteiger partial charge in [0.1, 0.15) is 5.76 Å². The van der Waals surface area contributed by atoms with Gasteiger partial charge in [-0.2, -0.15) is 0 Å². The summed E-state index contributed by atoms with van der Waals surface area (Å²) in [5.41, 5.74) is 0. The predicted molar refractivity (Wildman–Crippen MR) is 63.7 cm³/mol. The van der Waals surface area contributed by atoms with E-state index in [0.717, 1.165) is 10.2 Å². The molecule has 0 bridgehead atoms. The maximum atomic E-state index is 9.03. The van der Waals surface area contributed by atoms with E-state index in [1.165, 1.54) is 0 Å². The first-order valence-electron chi connectivity index (χ1n) is 5.16. The molecular formula is C11H18BrNO2. The summed E-state index contributed by atoms with van der Waals surface area (Å²) in [6.45, 7) is 6.32. The normalized spacial score (nSPS) is 17.4. The summed E-state index contributed by atoms with van der Waals surface area (Å²) in [5, 5.41) is 12.4. The fourth-order valence-electron chi connectivity index (χ4n) is 1.41. The lowest BCUT2D eigenvalue weighted by Crippen LogP contribution is -2.35. The van der Waals surface area contributed by atoms with Gasteiger partial charge in [0.05, 0.1) is 16.8 Å². The Balaban J connectivity index is 2.56. The number of hydrogen-bond donors (Lipinski definition) is 2. The average Bonchev–Trinajstić information content (AvgIpc) is 2.63. The molecule has 15 heavy (non-hydrogen) atoms. The molecule has 0 aliphatic heterocycles. The molecule has 86 valence electrons. The minimum Gasteiger partial charge on any atom is -0.466 e. The van der Waals surface area contributed by atoms with Gasteiger partial charge in [-0.25, -0.2) is 0 Å². The number of hydrogen-bond acceptors (Lipinski definition) is 3. The maximum absolute atomic E-state index is 9.03. The molecule has 3 atom stereocenters. The molecule has 0 radical (unpaired) electrons. The second-order valence-corrected chi connectivity index (χ2v) is 4.82. The van der Waals surface area contributed by atoms with E-state index in [-0.39, 0.29) is 24.6 Å². The standard InChI is InChI=1S/C11H18BrNO2/c1-7(6-14)8(2)13-9(3)11-10(12)4-5-15-11/h4-5,7-9,13-14H,6H2,1-3H3. The van der Waals surface area contributed by atoms with Gasteiger partial charge in [0.15, 0.2) is 0 Å². The van der Waals surface area contributed by atoms with Crippen molar-refractivity contribution in [1.82, 2.24) is 5.32 Å². The van der Waals surface area contributed by atoms with E-state index in [2.05, 4.69) is 28.2 Å². The first kappa shape index (κ1) is 12.7. The van der Waals surface area contributed by atoms with Crippen molar-refractivity contribution in [2.24, 2.45) is 5.92 Å². The van der Waals surface area contributed by atoms with Crippen LogP contribution in [0, 0.1) is 5.92 Å². The van der Waals surface area contributed by atoms with Gasteiger partial charge in [0.2, 0.25) is 0 Å². The molecule has 0 spiro atoms. The van der Waals surface area contributed by atoms with Crippen LogP contribution in [0.25, 0.3) is 0 Å². The van der Waals surface area contributed by atoms with Crippen molar-refractivity contribution in [2.75, 3.05) is 6.61 Å². The third kappa shape index (κ3) is 3.33. The predicted octanol–water partition coefficient (Wildman–Crippen LogP) is 2.71. The summed E-state index contributed by atoms with van der Waals surface area (Å²) < 4.78 is 6.35. The largest absolute Gasteiger partial charge is 0.466 e. The average molecular weight is 276 g/mol. The van der Waals surface area contributed by atoms with Gasteiger partial charge in [-0.1, -0.05) is 6.92 Å². The van der Waals surface area contributed by atoms with Crippen LogP contribution < -0.4 is 5.32 Å². The molecule has 0 saturated carbocycles. The second-order valence-electron chi connectivity index (χ2n) is 3.97. The molecule has 0 fully saturated rings. The monoisotopic (exact) mass is 275 g/mol. The van der Waals surface area contributed by atoms with Crippen LogP contribution >= 0.6 is 15.9 Å². The summed E-state index contributed by atoms with van der Waals surface area (Å²) in [6.07, 6.45) is 1.66. The Labute approximate surface area is 99.0 Å². The molecule has 3 unspecified atom stereocenters. The Morgan fingerprint density at radius 1 is 1.47 bits per heavy atom. The molecule has 1 heterocycles. The lowest BCUT2D eigenvalue weighted by atomic mass is 10.0. The molecule has 0 aliphatic rings. The smallest absolute Gasteiger partial charge is 0.134 e. The zero-order valence-electron chi connectivity index (χ0n) is 9.33. The third-order valence-electron chi connectivity index (χ3n) is 2.69. The zero-order chi connectivity index (χ0) is 11.4. The molecule has 0 aromatic carbocycles. The molecule has 1 aromatic heterocycles. The molecule has 2 N–H and O–H groups in total. The summed E-state index contributed by atoms with van der Waals surface area (Å²) in [5.74, 6) is 1.13. The van der Waals surface area contributed by atoms with E-state index in [9.17, 15) is 0 Å². The number of nitrogens with one attached hydrogen (secondary N) is 1. The highest BCUT2D eigenvalue weighted by Gasteiger charge is 2.18. The van der Waals surface area contributed by atoms with E-state index < -0.39 is 0 Å². The Bertz CT molecular complexity index is 301. The van der Waals surface area contributed by atoms with E-state index in [0.29, 0.717) is 0 Å². The van der Waals surface area contributed by atoms with Crippen LogP contribution in [0.4, 0.5) is 0 Å². The number of aliphatic hydroxyl groups is 1. The van der Waals surface area contributed by atoms with Crippen molar-refractivity contribution in [1.29, 1.82) is 0 Å². The van der Waals surface area contributed by atoms with Crippen molar-refractivity contribution >= 4 is 15.9 Å². The fraction of sp³-hybridized carbons (Fsp3) is 0.636. The van der Waals surface area contributed by atoms with Crippen LogP contribution in [-0.4, -0.2) is 17.8 Å². The van der Waals surface area contributed by atoms with Gasteiger partial charge < -0.3 is 14.8 Å². The first-order valence-corrected chi connectivity index (χ1v) is 5.95. The van der Waals surface area contributed by atoms with Gasteiger partial charge in [-0.05, 0) is 41.8 Å². The van der Waals surface area contributed by atoms with E-state index >= 15 is 0 Å². The number of furan rings is 1. The molecule has 4 heteroatoms. The summed E-state index contributed by atoms with van der Waals surface area (Å²) in [4.78, 5) is 0. The first-order chi connectivity index (χ1) is 7.06. The van der Waals surface area contributed by atoms with Crippen molar-refractivity contribution < 1.29 is 9.52 Å². The van der Waals surface area contributed by atoms with Crippen LogP contribution in [0.1, 0.15) is 32.6 Å². The van der Waals surface area contributed by atoms with E-state index in [1.54, 1.807) is 6.26 Å². The Morgan fingerprint density at radius 2 is 2.13 bits per heavy atom. The molecule has 0 amide bonds. The van der Waals surface area contributed by atoms with Crippen LogP contribution in [0.2, 0.25) is 0 Å². The topological polar surface area (TPSA) is 45.4 Å². The van der Waals surface area contributed by atoms with Crippen LogP contribution in [0.5, 0.6) is 0 Å². The molecular weight excluding hydrogens is 258 g/mol. The maximum Gasteiger partial charge on any atom is 0.134 e. The second kappa shape index (κ2) is 5.68. The quantitative estimate of drug-likeness (QED) is 0.869. The van der Waals surface area contributed by atoms with Gasteiger partial charge in [0, 0.05) is 12.6 Å². The number of rotatable bonds is 5. The minimum atomic E-state index is 0.137.